The molecule has 0 aromatic rings. The van der Waals surface area contributed by atoms with E-state index in [0.717, 1.165) is 32.1 Å². The van der Waals surface area contributed by atoms with Gasteiger partial charge in [0.25, 0.3) is 6.29 Å². The van der Waals surface area contributed by atoms with E-state index in [1.807, 2.05) is 13.8 Å². The number of hydrogen-bond donors (Lipinski definition) is 0. The van der Waals surface area contributed by atoms with Crippen molar-refractivity contribution in [3.8, 4) is 0 Å². The van der Waals surface area contributed by atoms with Gasteiger partial charge in [-0.2, -0.15) is 0 Å². The first-order valence-electron chi connectivity index (χ1n) is 7.97. The third kappa shape index (κ3) is 5.66. The molecule has 0 aliphatic rings. The first-order valence-corrected chi connectivity index (χ1v) is 7.97. The second kappa shape index (κ2) is 9.44. The molecule has 0 aromatic heterocycles. The highest BCUT2D eigenvalue weighted by atomic mass is 16.7. The molecule has 0 saturated carbocycles. The van der Waals surface area contributed by atoms with E-state index in [4.69, 9.17) is 9.47 Å². The van der Waals surface area contributed by atoms with E-state index in [9.17, 15) is 9.59 Å². The van der Waals surface area contributed by atoms with Gasteiger partial charge < -0.3 is 9.47 Å². The maximum Gasteiger partial charge on any atom is 0.336 e. The Morgan fingerprint density at radius 2 is 1.36 bits per heavy atom. The number of unbranched alkanes of at least 4 members (excludes halogenated alkanes) is 1. The van der Waals surface area contributed by atoms with E-state index >= 15 is 0 Å². The van der Waals surface area contributed by atoms with Gasteiger partial charge in [0.2, 0.25) is 0 Å². The Balaban J connectivity index is 5.45. The van der Waals surface area contributed by atoms with Crippen molar-refractivity contribution in [3.63, 3.8) is 0 Å². The fourth-order valence-electron chi connectivity index (χ4n) is 2.25. The Hall–Kier alpha value is -1.58. The van der Waals surface area contributed by atoms with Gasteiger partial charge >= 0.3 is 11.9 Å². The fraction of sp³-hybridized carbons (Fsp3) is 0.667. The van der Waals surface area contributed by atoms with Gasteiger partial charge in [-0.05, 0) is 33.1 Å². The highest BCUT2D eigenvalue weighted by Gasteiger charge is 2.41. The average molecular weight is 310 g/mol. The second-order valence-electron chi connectivity index (χ2n) is 5.88. The number of hydrogen-bond acceptors (Lipinski definition) is 4. The van der Waals surface area contributed by atoms with Crippen LogP contribution in [0.15, 0.2) is 24.3 Å². The molecule has 4 heteroatoms. The van der Waals surface area contributed by atoms with Crippen molar-refractivity contribution in [2.45, 2.75) is 73.0 Å². The van der Waals surface area contributed by atoms with Crippen molar-refractivity contribution in [1.29, 1.82) is 0 Å². The Morgan fingerprint density at radius 3 is 1.64 bits per heavy atom. The first kappa shape index (κ1) is 20.4. The smallest absolute Gasteiger partial charge is 0.336 e. The summed E-state index contributed by atoms with van der Waals surface area (Å²) in [4.78, 5) is 23.8. The minimum atomic E-state index is -0.914. The van der Waals surface area contributed by atoms with Crippen LogP contribution in [-0.2, 0) is 19.1 Å². The van der Waals surface area contributed by atoms with E-state index in [-0.39, 0.29) is 16.6 Å². The van der Waals surface area contributed by atoms with E-state index in [1.165, 1.54) is 0 Å². The lowest BCUT2D eigenvalue weighted by Crippen LogP contribution is -2.41. The van der Waals surface area contributed by atoms with Crippen LogP contribution in [0.1, 0.15) is 66.7 Å². The molecular formula is C18H30O4. The zero-order valence-corrected chi connectivity index (χ0v) is 14.7. The molecule has 0 aliphatic heterocycles. The number of carbonyl (C=O) groups is 2. The SMILES string of the molecule is C=C(C)C(=O)OC(OC(=O)C(=C)C)C(CC)(CC)CCCC. The molecular weight excluding hydrogens is 280 g/mol. The molecule has 126 valence electrons. The summed E-state index contributed by atoms with van der Waals surface area (Å²) in [6.45, 7) is 16.5. The summed E-state index contributed by atoms with van der Waals surface area (Å²) in [7, 11) is 0. The second-order valence-corrected chi connectivity index (χ2v) is 5.88. The van der Waals surface area contributed by atoms with Crippen LogP contribution >= 0.6 is 0 Å². The average Bonchev–Trinajstić information content (AvgIpc) is 2.48. The molecule has 0 fully saturated rings. The van der Waals surface area contributed by atoms with Crippen molar-refractivity contribution < 1.29 is 19.1 Å². The van der Waals surface area contributed by atoms with Crippen molar-refractivity contribution >= 4 is 11.9 Å². The van der Waals surface area contributed by atoms with Crippen LogP contribution in [0, 0.1) is 5.41 Å². The van der Waals surface area contributed by atoms with Crippen LogP contribution in [-0.4, -0.2) is 18.2 Å². The number of rotatable bonds is 10. The molecule has 0 bridgehead atoms. The van der Waals surface area contributed by atoms with Crippen LogP contribution < -0.4 is 0 Å². The topological polar surface area (TPSA) is 52.6 Å². The fourth-order valence-corrected chi connectivity index (χ4v) is 2.25. The quantitative estimate of drug-likeness (QED) is 0.337. The van der Waals surface area contributed by atoms with Gasteiger partial charge in [-0.3, -0.25) is 0 Å². The summed E-state index contributed by atoms with van der Waals surface area (Å²) in [6.07, 6.45) is 3.42. The van der Waals surface area contributed by atoms with Crippen LogP contribution in [0.25, 0.3) is 0 Å². The summed E-state index contributed by atoms with van der Waals surface area (Å²) >= 11 is 0. The van der Waals surface area contributed by atoms with E-state index in [2.05, 4.69) is 20.1 Å². The van der Waals surface area contributed by atoms with Crippen LogP contribution in [0.3, 0.4) is 0 Å². The van der Waals surface area contributed by atoms with Crippen molar-refractivity contribution in [2.75, 3.05) is 0 Å². The van der Waals surface area contributed by atoms with E-state index < -0.39 is 18.2 Å². The van der Waals surface area contributed by atoms with Gasteiger partial charge in [0.15, 0.2) is 0 Å². The Morgan fingerprint density at radius 1 is 0.955 bits per heavy atom. The lowest BCUT2D eigenvalue weighted by Gasteiger charge is -2.38. The Bertz CT molecular complexity index is 391. The highest BCUT2D eigenvalue weighted by molar-refractivity contribution is 5.88. The lowest BCUT2D eigenvalue weighted by molar-refractivity contribution is -0.211. The molecule has 0 rings (SSSR count). The van der Waals surface area contributed by atoms with Gasteiger partial charge in [-0.1, -0.05) is 46.8 Å². The molecule has 0 atom stereocenters. The highest BCUT2D eigenvalue weighted by Crippen LogP contribution is 2.39. The molecule has 0 radical (unpaired) electrons. The molecule has 0 heterocycles. The zero-order valence-electron chi connectivity index (χ0n) is 14.7. The Kier molecular flexibility index (Phi) is 8.76. The Labute approximate surface area is 134 Å². The van der Waals surface area contributed by atoms with Crippen LogP contribution in [0.4, 0.5) is 0 Å². The van der Waals surface area contributed by atoms with Crippen molar-refractivity contribution in [2.24, 2.45) is 5.41 Å². The van der Waals surface area contributed by atoms with Gasteiger partial charge in [0.05, 0.1) is 0 Å². The predicted molar refractivity (Wildman–Crippen MR) is 88.1 cm³/mol. The summed E-state index contributed by atoms with van der Waals surface area (Å²) in [5.74, 6) is -1.08. The molecule has 0 saturated heterocycles. The minimum Gasteiger partial charge on any atom is -0.421 e. The van der Waals surface area contributed by atoms with E-state index in [0.29, 0.717) is 0 Å². The van der Waals surface area contributed by atoms with Crippen LogP contribution in [0.5, 0.6) is 0 Å². The predicted octanol–water partition coefficient (Wildman–Crippen LogP) is 4.55. The minimum absolute atomic E-state index is 0.285. The van der Waals surface area contributed by atoms with Crippen LogP contribution in [0.2, 0.25) is 0 Å². The van der Waals surface area contributed by atoms with Gasteiger partial charge in [-0.15, -0.1) is 0 Å². The summed E-state index contributed by atoms with van der Waals surface area (Å²) in [5, 5.41) is 0. The third-order valence-corrected chi connectivity index (χ3v) is 4.06. The summed E-state index contributed by atoms with van der Waals surface area (Å²) in [6, 6.07) is 0. The monoisotopic (exact) mass is 310 g/mol. The lowest BCUT2D eigenvalue weighted by atomic mass is 9.77. The van der Waals surface area contributed by atoms with Gasteiger partial charge in [-0.25, -0.2) is 9.59 Å². The van der Waals surface area contributed by atoms with Gasteiger partial charge in [0.1, 0.15) is 0 Å². The largest absolute Gasteiger partial charge is 0.421 e. The van der Waals surface area contributed by atoms with Crippen molar-refractivity contribution in [3.05, 3.63) is 24.3 Å². The maximum absolute atomic E-state index is 11.9. The molecule has 0 aromatic carbocycles. The molecule has 22 heavy (non-hydrogen) atoms. The first-order chi connectivity index (χ1) is 10.2. The summed E-state index contributed by atoms with van der Waals surface area (Å²) < 4.78 is 10.9. The van der Waals surface area contributed by atoms with Crippen molar-refractivity contribution in [1.82, 2.24) is 0 Å². The molecule has 4 nitrogen and oxygen atoms in total. The molecule has 0 amide bonds. The number of esters is 2. The molecule has 0 aliphatic carbocycles. The maximum atomic E-state index is 11.9. The van der Waals surface area contributed by atoms with E-state index in [1.54, 1.807) is 13.8 Å². The number of carbonyl (C=O) groups excluding carboxylic acids is 2. The molecule has 0 spiro atoms. The third-order valence-electron chi connectivity index (χ3n) is 4.06. The molecule has 0 N–H and O–H groups in total. The normalized spacial score (nSPS) is 11.2. The zero-order chi connectivity index (χ0) is 17.3. The van der Waals surface area contributed by atoms with Gasteiger partial charge in [0, 0.05) is 16.6 Å². The standard InChI is InChI=1S/C18H30O4/c1-8-11-12-18(9-2,10-3)17(21-15(19)13(4)5)22-16(20)14(6)7/h17H,4,6,8-12H2,1-3,5,7H3. The molecule has 0 unspecified atom stereocenters. The summed E-state index contributed by atoms with van der Waals surface area (Å²) in [5.41, 5.74) is 0.188. The number of ether oxygens (including phenoxy) is 2.